The van der Waals surface area contributed by atoms with Crippen molar-refractivity contribution in [3.05, 3.63) is 16.6 Å². The number of hydrogen-bond acceptors (Lipinski definition) is 4. The first-order chi connectivity index (χ1) is 8.51. The lowest BCUT2D eigenvalue weighted by molar-refractivity contribution is -0.146. The molecule has 2 rings (SSSR count). The van der Waals surface area contributed by atoms with Crippen molar-refractivity contribution in [1.29, 1.82) is 0 Å². The van der Waals surface area contributed by atoms with Crippen LogP contribution in [0.15, 0.2) is 10.9 Å². The van der Waals surface area contributed by atoms with Crippen molar-refractivity contribution in [3.63, 3.8) is 0 Å². The number of carbonyl (C=O) groups excluding carboxylic acids is 1. The first-order valence-electron chi connectivity index (χ1n) is 5.64. The van der Waals surface area contributed by atoms with Gasteiger partial charge in [-0.05, 0) is 13.3 Å². The zero-order valence-electron chi connectivity index (χ0n) is 10.0. The van der Waals surface area contributed by atoms with E-state index in [1.165, 1.54) is 11.3 Å². The van der Waals surface area contributed by atoms with Gasteiger partial charge >= 0.3 is 12.0 Å². The molecule has 0 aliphatic carbocycles. The molecule has 0 spiro atoms. The van der Waals surface area contributed by atoms with Crippen molar-refractivity contribution < 1.29 is 14.7 Å². The Hall–Kier alpha value is -1.63. The monoisotopic (exact) mass is 269 g/mol. The molecule has 1 aromatic heterocycles. The minimum absolute atomic E-state index is 0.229. The number of amides is 2. The molecule has 1 aromatic rings. The molecule has 1 unspecified atom stereocenters. The van der Waals surface area contributed by atoms with Crippen LogP contribution in [0.2, 0.25) is 0 Å². The molecule has 0 aromatic carbocycles. The molecule has 1 fully saturated rings. The number of nitrogens with zero attached hydrogens (tertiary/aromatic N) is 2. The van der Waals surface area contributed by atoms with E-state index in [9.17, 15) is 9.59 Å². The van der Waals surface area contributed by atoms with Gasteiger partial charge in [0.2, 0.25) is 0 Å². The zero-order chi connectivity index (χ0) is 13.2. The van der Waals surface area contributed by atoms with Crippen LogP contribution >= 0.6 is 11.3 Å². The third kappa shape index (κ3) is 2.61. The van der Waals surface area contributed by atoms with E-state index < -0.39 is 11.4 Å². The number of nitrogens with one attached hydrogen (secondary N) is 1. The van der Waals surface area contributed by atoms with Crippen LogP contribution in [-0.2, 0) is 11.3 Å². The molecule has 18 heavy (non-hydrogen) atoms. The van der Waals surface area contributed by atoms with E-state index in [4.69, 9.17) is 5.11 Å². The molecule has 1 aliphatic heterocycles. The second-order valence-corrected chi connectivity index (χ2v) is 5.39. The van der Waals surface area contributed by atoms with Crippen LogP contribution < -0.4 is 5.32 Å². The highest BCUT2D eigenvalue weighted by molar-refractivity contribution is 7.07. The first-order valence-corrected chi connectivity index (χ1v) is 6.59. The van der Waals surface area contributed by atoms with Crippen LogP contribution in [0.5, 0.6) is 0 Å². The Balaban J connectivity index is 1.86. The molecule has 0 radical (unpaired) electrons. The zero-order valence-corrected chi connectivity index (χ0v) is 10.9. The lowest BCUT2D eigenvalue weighted by Gasteiger charge is -2.20. The summed E-state index contributed by atoms with van der Waals surface area (Å²) in [6.45, 7) is 2.78. The van der Waals surface area contributed by atoms with E-state index in [-0.39, 0.29) is 12.6 Å². The minimum Gasteiger partial charge on any atom is -0.481 e. The van der Waals surface area contributed by atoms with Crippen molar-refractivity contribution >= 4 is 23.3 Å². The van der Waals surface area contributed by atoms with Gasteiger partial charge in [0.25, 0.3) is 0 Å². The summed E-state index contributed by atoms with van der Waals surface area (Å²) < 4.78 is 0. The van der Waals surface area contributed by atoms with Gasteiger partial charge in [0, 0.05) is 18.5 Å². The Morgan fingerprint density at radius 2 is 2.44 bits per heavy atom. The molecule has 1 aliphatic rings. The van der Waals surface area contributed by atoms with E-state index in [1.807, 2.05) is 5.38 Å². The Morgan fingerprint density at radius 1 is 1.67 bits per heavy atom. The molecule has 6 nitrogen and oxygen atoms in total. The van der Waals surface area contributed by atoms with Gasteiger partial charge in [-0.3, -0.25) is 4.79 Å². The number of thiazole rings is 1. The number of urea groups is 1. The Bertz CT molecular complexity index is 448. The van der Waals surface area contributed by atoms with Crippen LogP contribution in [0.25, 0.3) is 0 Å². The SMILES string of the molecule is CC1(C(=O)O)CCN(C(=O)NCc2cscn2)C1. The molecule has 1 saturated heterocycles. The second kappa shape index (κ2) is 4.93. The highest BCUT2D eigenvalue weighted by atomic mass is 32.1. The van der Waals surface area contributed by atoms with E-state index >= 15 is 0 Å². The number of carboxylic acid groups (broad SMARTS) is 1. The van der Waals surface area contributed by atoms with E-state index in [1.54, 1.807) is 17.3 Å². The molecule has 2 amide bonds. The molecule has 0 bridgehead atoms. The fourth-order valence-corrected chi connectivity index (χ4v) is 2.47. The summed E-state index contributed by atoms with van der Waals surface area (Å²) in [4.78, 5) is 28.5. The molecular weight excluding hydrogens is 254 g/mol. The van der Waals surface area contributed by atoms with Gasteiger partial charge in [0.1, 0.15) is 0 Å². The maximum absolute atomic E-state index is 11.8. The van der Waals surface area contributed by atoms with Crippen molar-refractivity contribution in [2.75, 3.05) is 13.1 Å². The summed E-state index contributed by atoms with van der Waals surface area (Å²) in [6.07, 6.45) is 0.493. The number of aromatic nitrogens is 1. The average Bonchev–Trinajstić information content (AvgIpc) is 2.95. The minimum atomic E-state index is -0.850. The normalized spacial score (nSPS) is 23.1. The van der Waals surface area contributed by atoms with Crippen molar-refractivity contribution in [1.82, 2.24) is 15.2 Å². The fourth-order valence-electron chi connectivity index (χ4n) is 1.91. The Labute approximate surface area is 109 Å². The fraction of sp³-hybridized carbons (Fsp3) is 0.545. The van der Waals surface area contributed by atoms with Gasteiger partial charge in [-0.2, -0.15) is 0 Å². The Kier molecular flexibility index (Phi) is 3.51. The molecule has 98 valence electrons. The standard InChI is InChI=1S/C11H15N3O3S/c1-11(9(15)16)2-3-14(6-11)10(17)12-4-8-5-18-7-13-8/h5,7H,2-4,6H2,1H3,(H,12,17)(H,15,16). The van der Waals surface area contributed by atoms with Gasteiger partial charge in [0.05, 0.1) is 23.2 Å². The topological polar surface area (TPSA) is 82.5 Å². The first kappa shape index (κ1) is 12.8. The van der Waals surface area contributed by atoms with Crippen molar-refractivity contribution in [3.8, 4) is 0 Å². The van der Waals surface area contributed by atoms with Crippen molar-refractivity contribution in [2.24, 2.45) is 5.41 Å². The molecule has 7 heteroatoms. The molecule has 2 heterocycles. The largest absolute Gasteiger partial charge is 0.481 e. The van der Waals surface area contributed by atoms with Gasteiger partial charge in [-0.1, -0.05) is 0 Å². The van der Waals surface area contributed by atoms with Crippen molar-refractivity contribution in [2.45, 2.75) is 19.9 Å². The second-order valence-electron chi connectivity index (χ2n) is 4.68. The number of rotatable bonds is 3. The molecule has 1 atom stereocenters. The highest BCUT2D eigenvalue weighted by Gasteiger charge is 2.42. The number of carbonyl (C=O) groups is 2. The predicted octanol–water partition coefficient (Wildman–Crippen LogP) is 1.15. The van der Waals surface area contributed by atoms with E-state index in [0.29, 0.717) is 19.5 Å². The lowest BCUT2D eigenvalue weighted by Crippen LogP contribution is -2.40. The number of carboxylic acids is 1. The summed E-state index contributed by atoms with van der Waals surface area (Å²) in [5.41, 5.74) is 1.70. The van der Waals surface area contributed by atoms with Gasteiger partial charge in [-0.25, -0.2) is 9.78 Å². The highest BCUT2D eigenvalue weighted by Crippen LogP contribution is 2.29. The summed E-state index contributed by atoms with van der Waals surface area (Å²) in [5.74, 6) is -0.850. The lowest BCUT2D eigenvalue weighted by atomic mass is 9.90. The van der Waals surface area contributed by atoms with E-state index in [2.05, 4.69) is 10.3 Å². The van der Waals surface area contributed by atoms with Gasteiger partial charge in [0.15, 0.2) is 0 Å². The summed E-state index contributed by atoms with van der Waals surface area (Å²) >= 11 is 1.47. The van der Waals surface area contributed by atoms with Gasteiger partial charge in [-0.15, -0.1) is 11.3 Å². The average molecular weight is 269 g/mol. The van der Waals surface area contributed by atoms with Crippen LogP contribution in [0.1, 0.15) is 19.0 Å². The van der Waals surface area contributed by atoms with Crippen LogP contribution in [0, 0.1) is 5.41 Å². The quantitative estimate of drug-likeness (QED) is 0.862. The smallest absolute Gasteiger partial charge is 0.317 e. The van der Waals surface area contributed by atoms with E-state index in [0.717, 1.165) is 5.69 Å². The third-order valence-corrected chi connectivity index (χ3v) is 3.82. The summed E-state index contributed by atoms with van der Waals surface area (Å²) in [5, 5.41) is 13.7. The Morgan fingerprint density at radius 3 is 3.00 bits per heavy atom. The predicted molar refractivity (Wildman–Crippen MR) is 66.3 cm³/mol. The number of likely N-dealkylation sites (tertiary alicyclic amines) is 1. The maximum atomic E-state index is 11.8. The number of aliphatic carboxylic acids is 1. The summed E-state index contributed by atoms with van der Waals surface area (Å²) in [7, 11) is 0. The molecule has 0 saturated carbocycles. The third-order valence-electron chi connectivity index (χ3n) is 3.18. The molecular formula is C11H15N3O3S. The summed E-state index contributed by atoms with van der Waals surface area (Å²) in [6, 6.07) is -0.229. The maximum Gasteiger partial charge on any atom is 0.317 e. The van der Waals surface area contributed by atoms with Gasteiger partial charge < -0.3 is 15.3 Å². The number of hydrogen-bond donors (Lipinski definition) is 2. The molecule has 2 N–H and O–H groups in total. The van der Waals surface area contributed by atoms with Crippen LogP contribution in [0.4, 0.5) is 4.79 Å². The van der Waals surface area contributed by atoms with Crippen LogP contribution in [0.3, 0.4) is 0 Å². The van der Waals surface area contributed by atoms with Crippen LogP contribution in [-0.4, -0.2) is 40.1 Å².